The third-order valence-electron chi connectivity index (χ3n) is 2.61. The summed E-state index contributed by atoms with van der Waals surface area (Å²) in [6.45, 7) is 13.2. The van der Waals surface area contributed by atoms with Gasteiger partial charge >= 0.3 is 0 Å². The molecule has 2 aromatic carbocycles. The van der Waals surface area contributed by atoms with E-state index in [1.807, 2.05) is 19.6 Å². The van der Waals surface area contributed by atoms with Crippen molar-refractivity contribution in [1.29, 1.82) is 0 Å². The van der Waals surface area contributed by atoms with E-state index in [-0.39, 0.29) is 42.1 Å². The number of benzene rings is 2. The van der Waals surface area contributed by atoms with E-state index < -0.39 is 8.07 Å². The molecular weight excluding hydrogens is 286 g/mol. The molecular formula is C19H19NOSi. The van der Waals surface area contributed by atoms with Crippen LogP contribution in [0.3, 0.4) is 0 Å². The summed E-state index contributed by atoms with van der Waals surface area (Å²) < 4.78 is 38.1. The van der Waals surface area contributed by atoms with Gasteiger partial charge < -0.3 is 4.74 Å². The normalized spacial score (nSPS) is 12.8. The minimum Gasteiger partial charge on any atom is -0.489 e. The molecule has 110 valence electrons. The molecule has 2 nitrogen and oxygen atoms in total. The van der Waals surface area contributed by atoms with Gasteiger partial charge in [0.25, 0.3) is 0 Å². The zero-order valence-electron chi connectivity index (χ0n) is 16.9. The maximum absolute atomic E-state index is 8.13. The summed E-state index contributed by atoms with van der Waals surface area (Å²) in [6, 6.07) is 5.96. The Morgan fingerprint density at radius 3 is 2.32 bits per heavy atom. The fourth-order valence-electron chi connectivity index (χ4n) is 1.51. The highest BCUT2D eigenvalue weighted by molar-refractivity contribution is 6.83. The second-order valence-corrected chi connectivity index (χ2v) is 10.5. The molecule has 0 aliphatic heterocycles. The Labute approximate surface area is 139 Å². The lowest BCUT2D eigenvalue weighted by atomic mass is 10.2. The number of hydrogen-bond acceptors (Lipinski definition) is 1. The third-order valence-corrected chi connectivity index (χ3v) is 3.49. The summed E-state index contributed by atoms with van der Waals surface area (Å²) in [5.74, 6) is 2.74. The fourth-order valence-corrected chi connectivity index (χ4v) is 2.01. The highest BCUT2D eigenvalue weighted by Crippen LogP contribution is 2.16. The first-order valence-electron chi connectivity index (χ1n) is 8.86. The Hall–Kier alpha value is -2.49. The molecule has 2 aromatic rings. The van der Waals surface area contributed by atoms with Gasteiger partial charge in [-0.25, -0.2) is 4.85 Å². The molecule has 0 aromatic heterocycles. The van der Waals surface area contributed by atoms with Gasteiger partial charge in [0.05, 0.1) is 12.1 Å². The minimum absolute atomic E-state index is 0.0900. The van der Waals surface area contributed by atoms with Crippen LogP contribution in [0, 0.1) is 18.0 Å². The van der Waals surface area contributed by atoms with Crippen LogP contribution in [-0.4, -0.2) is 8.07 Å². The van der Waals surface area contributed by atoms with E-state index in [1.165, 1.54) is 0 Å². The molecule has 0 unspecified atom stereocenters. The van der Waals surface area contributed by atoms with E-state index in [1.54, 1.807) is 24.3 Å². The van der Waals surface area contributed by atoms with Crippen molar-refractivity contribution in [2.24, 2.45) is 0 Å². The zero-order chi connectivity index (χ0) is 19.5. The van der Waals surface area contributed by atoms with E-state index >= 15 is 0 Å². The van der Waals surface area contributed by atoms with Crippen molar-refractivity contribution in [1.82, 2.24) is 0 Å². The molecule has 0 bridgehead atoms. The van der Waals surface area contributed by atoms with Crippen LogP contribution in [0.2, 0.25) is 19.6 Å². The maximum atomic E-state index is 8.13. The number of ether oxygens (including phenoxy) is 1. The summed E-state index contributed by atoms with van der Waals surface area (Å²) in [5, 5.41) is 0. The number of nitrogens with zero attached hydrogens (tertiary/aromatic N) is 1. The van der Waals surface area contributed by atoms with Gasteiger partial charge in [0.1, 0.15) is 20.4 Å². The molecule has 0 spiro atoms. The van der Waals surface area contributed by atoms with Crippen molar-refractivity contribution in [2.75, 3.05) is 0 Å². The summed E-state index contributed by atoms with van der Waals surface area (Å²) in [4.78, 5) is 3.32. The molecule has 0 saturated heterocycles. The van der Waals surface area contributed by atoms with Gasteiger partial charge in [0, 0.05) is 5.56 Å². The van der Waals surface area contributed by atoms with Crippen molar-refractivity contribution >= 4 is 13.8 Å². The zero-order valence-corrected chi connectivity index (χ0v) is 13.9. The maximum Gasteiger partial charge on any atom is 0.187 e. The van der Waals surface area contributed by atoms with Crippen LogP contribution >= 0.6 is 0 Å². The Balaban J connectivity index is 2.35. The van der Waals surface area contributed by atoms with Crippen LogP contribution in [0.4, 0.5) is 5.69 Å². The predicted molar refractivity (Wildman–Crippen MR) is 93.7 cm³/mol. The van der Waals surface area contributed by atoms with Crippen molar-refractivity contribution in [3.05, 3.63) is 71.0 Å². The second kappa shape index (κ2) is 6.98. The average molecular weight is 309 g/mol. The van der Waals surface area contributed by atoms with Gasteiger partial charge in [0.15, 0.2) is 5.69 Å². The van der Waals surface area contributed by atoms with Gasteiger partial charge in [-0.2, -0.15) is 0 Å². The smallest absolute Gasteiger partial charge is 0.187 e. The lowest BCUT2D eigenvalue weighted by molar-refractivity contribution is 0.306. The van der Waals surface area contributed by atoms with Crippen LogP contribution in [0.15, 0.2) is 48.4 Å². The summed E-state index contributed by atoms with van der Waals surface area (Å²) in [7, 11) is -1.70. The van der Waals surface area contributed by atoms with Crippen molar-refractivity contribution in [3.63, 3.8) is 0 Å². The Morgan fingerprint density at radius 2 is 1.77 bits per heavy atom. The first-order valence-corrected chi connectivity index (χ1v) is 10.4. The van der Waals surface area contributed by atoms with Crippen LogP contribution < -0.4 is 4.74 Å². The van der Waals surface area contributed by atoms with Gasteiger partial charge in [-0.05, 0) is 29.7 Å². The molecule has 0 atom stereocenters. The van der Waals surface area contributed by atoms with Crippen LogP contribution in [0.25, 0.3) is 4.85 Å². The monoisotopic (exact) mass is 309 g/mol. The van der Waals surface area contributed by atoms with Gasteiger partial charge in [-0.3, -0.25) is 0 Å². The predicted octanol–water partition coefficient (Wildman–Crippen LogP) is 5.05. The molecule has 22 heavy (non-hydrogen) atoms. The quantitative estimate of drug-likeness (QED) is 0.440. The van der Waals surface area contributed by atoms with E-state index in [9.17, 15) is 0 Å². The third kappa shape index (κ3) is 5.13. The highest BCUT2D eigenvalue weighted by atomic mass is 28.3. The van der Waals surface area contributed by atoms with E-state index in [2.05, 4.69) is 16.3 Å². The number of rotatable bonds is 3. The summed E-state index contributed by atoms with van der Waals surface area (Å²) in [6.07, 6.45) is 0. The van der Waals surface area contributed by atoms with E-state index in [0.29, 0.717) is 5.69 Å². The molecule has 0 N–H and O–H groups in total. The van der Waals surface area contributed by atoms with Crippen molar-refractivity contribution in [3.8, 4) is 17.2 Å². The lowest BCUT2D eigenvalue weighted by Gasteiger charge is -2.07. The van der Waals surface area contributed by atoms with E-state index in [4.69, 9.17) is 16.8 Å². The van der Waals surface area contributed by atoms with Gasteiger partial charge in [-0.15, -0.1) is 5.54 Å². The molecule has 0 aliphatic rings. The SMILES string of the molecule is [2H]c1c([2H])c(OCc2ccc([N+]#[C-])cc2)c([2H])c([2H])c1C#C[Si](C)(C)C. The molecule has 0 radical (unpaired) electrons. The minimum atomic E-state index is -1.70. The van der Waals surface area contributed by atoms with Gasteiger partial charge in [-0.1, -0.05) is 49.8 Å². The average Bonchev–Trinajstić information content (AvgIpc) is 2.59. The van der Waals surface area contributed by atoms with Crippen molar-refractivity contribution in [2.45, 2.75) is 26.2 Å². The standard InChI is InChI=1S/C19H19NOSi/c1-20-18-9-5-17(6-10-18)15-21-19-11-7-16(8-12-19)13-14-22(2,3)4/h5-12H,15H2,2-4H3/i7D,8D,11D,12D. The molecule has 2 rings (SSSR count). The Bertz CT molecular complexity index is 903. The van der Waals surface area contributed by atoms with Gasteiger partial charge in [0.2, 0.25) is 0 Å². The molecule has 0 amide bonds. The lowest BCUT2D eigenvalue weighted by Crippen LogP contribution is -2.16. The molecule has 0 saturated carbocycles. The highest BCUT2D eigenvalue weighted by Gasteiger charge is 2.07. The molecule has 0 heterocycles. The Morgan fingerprint density at radius 1 is 1.14 bits per heavy atom. The Kier molecular flexibility index (Phi) is 3.53. The number of hydrogen-bond donors (Lipinski definition) is 0. The topological polar surface area (TPSA) is 13.6 Å². The molecule has 0 aliphatic carbocycles. The molecule has 3 heteroatoms. The molecule has 0 fully saturated rings. The van der Waals surface area contributed by atoms with Crippen molar-refractivity contribution < 1.29 is 10.2 Å². The largest absolute Gasteiger partial charge is 0.489 e. The second-order valence-electron chi connectivity index (χ2n) is 5.77. The van der Waals surface area contributed by atoms with Crippen LogP contribution in [0.5, 0.6) is 5.75 Å². The van der Waals surface area contributed by atoms with E-state index in [0.717, 1.165) is 5.56 Å². The summed E-state index contributed by atoms with van der Waals surface area (Å²) in [5.41, 5.74) is 4.48. The fraction of sp³-hybridized carbons (Fsp3) is 0.211. The first-order chi connectivity index (χ1) is 12.1. The summed E-state index contributed by atoms with van der Waals surface area (Å²) >= 11 is 0. The van der Waals surface area contributed by atoms with Crippen LogP contribution in [-0.2, 0) is 6.61 Å². The first kappa shape index (κ1) is 11.1. The van der Waals surface area contributed by atoms with Crippen LogP contribution in [0.1, 0.15) is 16.6 Å².